The number of carbonyl (C=O) groups is 1. The molecule has 1 saturated carbocycles. The molecule has 1 heterocycles. The van der Waals surface area contributed by atoms with Gasteiger partial charge in [-0.3, -0.25) is 19.6 Å². The predicted octanol–water partition coefficient (Wildman–Crippen LogP) is 1.08. The molecule has 1 amide bonds. The van der Waals surface area contributed by atoms with Crippen LogP contribution < -0.4 is 5.32 Å². The van der Waals surface area contributed by atoms with Gasteiger partial charge in [0.1, 0.15) is 11.4 Å². The van der Waals surface area contributed by atoms with Gasteiger partial charge >= 0.3 is 5.69 Å². The second kappa shape index (κ2) is 6.87. The van der Waals surface area contributed by atoms with Crippen LogP contribution in [-0.4, -0.2) is 38.4 Å². The van der Waals surface area contributed by atoms with E-state index >= 15 is 0 Å². The van der Waals surface area contributed by atoms with Gasteiger partial charge in [-0.25, -0.2) is 0 Å². The van der Waals surface area contributed by atoms with E-state index < -0.39 is 4.92 Å². The van der Waals surface area contributed by atoms with Crippen molar-refractivity contribution in [3.8, 4) is 0 Å². The molecule has 122 valence electrons. The number of hydrogen-bond acceptors (Lipinski definition) is 5. The summed E-state index contributed by atoms with van der Waals surface area (Å²) in [5.74, 6) is 0.00743. The lowest BCUT2D eigenvalue weighted by atomic mass is 10.1. The van der Waals surface area contributed by atoms with Gasteiger partial charge < -0.3 is 10.4 Å². The molecule has 22 heavy (non-hydrogen) atoms. The standard InChI is InChI=1S/C14H22N4O4/c1-9-14(18(21)22)10(2)17(16-9)7-6-13(20)15-8-11-4-3-5-12(11)19/h11-12,19H,3-8H2,1-2H3,(H,15,20). The molecule has 2 rings (SSSR count). The number of aromatic nitrogens is 2. The third-order valence-corrected chi connectivity index (χ3v) is 4.26. The second-order valence-corrected chi connectivity index (χ2v) is 5.81. The maximum atomic E-state index is 11.8. The van der Waals surface area contributed by atoms with Crippen molar-refractivity contribution in [3.63, 3.8) is 0 Å². The molecule has 2 N–H and O–H groups in total. The van der Waals surface area contributed by atoms with E-state index in [2.05, 4.69) is 10.4 Å². The summed E-state index contributed by atoms with van der Waals surface area (Å²) in [5.41, 5.74) is 0.827. The molecule has 1 fully saturated rings. The third-order valence-electron chi connectivity index (χ3n) is 4.26. The van der Waals surface area contributed by atoms with Gasteiger partial charge in [0.15, 0.2) is 0 Å². The molecule has 1 aromatic heterocycles. The first kappa shape index (κ1) is 16.4. The number of hydrogen-bond donors (Lipinski definition) is 2. The Morgan fingerprint density at radius 3 is 2.77 bits per heavy atom. The normalized spacial score (nSPS) is 21.0. The molecular weight excluding hydrogens is 288 g/mol. The van der Waals surface area contributed by atoms with E-state index in [4.69, 9.17) is 0 Å². The fourth-order valence-electron chi connectivity index (χ4n) is 2.97. The largest absolute Gasteiger partial charge is 0.393 e. The molecule has 8 nitrogen and oxygen atoms in total. The van der Waals surface area contributed by atoms with Crippen LogP contribution in [0.4, 0.5) is 5.69 Å². The number of aryl methyl sites for hydroxylation is 2. The lowest BCUT2D eigenvalue weighted by Gasteiger charge is -2.15. The fourth-order valence-corrected chi connectivity index (χ4v) is 2.97. The highest BCUT2D eigenvalue weighted by molar-refractivity contribution is 5.75. The van der Waals surface area contributed by atoms with E-state index in [9.17, 15) is 20.0 Å². The zero-order chi connectivity index (χ0) is 16.3. The minimum absolute atomic E-state index is 0.00878. The molecule has 1 aliphatic rings. The van der Waals surface area contributed by atoms with Crippen LogP contribution in [0.3, 0.4) is 0 Å². The first-order valence-corrected chi connectivity index (χ1v) is 7.53. The molecule has 0 saturated heterocycles. The van der Waals surface area contributed by atoms with Crippen LogP contribution in [0.2, 0.25) is 0 Å². The Hall–Kier alpha value is -1.96. The number of carbonyl (C=O) groups excluding carboxylic acids is 1. The lowest BCUT2D eigenvalue weighted by Crippen LogP contribution is -2.33. The van der Waals surface area contributed by atoms with E-state index in [1.165, 1.54) is 4.68 Å². The summed E-state index contributed by atoms with van der Waals surface area (Å²) in [5, 5.41) is 27.5. The van der Waals surface area contributed by atoms with Crippen molar-refractivity contribution in [1.29, 1.82) is 0 Å². The van der Waals surface area contributed by atoms with Crippen molar-refractivity contribution >= 4 is 11.6 Å². The molecule has 2 unspecified atom stereocenters. The number of aliphatic hydroxyl groups excluding tert-OH is 1. The Morgan fingerprint density at radius 1 is 1.50 bits per heavy atom. The van der Waals surface area contributed by atoms with Crippen molar-refractivity contribution in [2.45, 2.75) is 52.2 Å². The SMILES string of the molecule is Cc1nn(CCC(=O)NCC2CCCC2O)c(C)c1[N+](=O)[O-]. The van der Waals surface area contributed by atoms with Gasteiger partial charge in [-0.05, 0) is 26.7 Å². The van der Waals surface area contributed by atoms with Crippen LogP contribution >= 0.6 is 0 Å². The van der Waals surface area contributed by atoms with Crippen molar-refractivity contribution in [2.24, 2.45) is 5.92 Å². The molecule has 8 heteroatoms. The Kier molecular flexibility index (Phi) is 5.12. The first-order chi connectivity index (χ1) is 10.4. The topological polar surface area (TPSA) is 110 Å². The monoisotopic (exact) mass is 310 g/mol. The minimum atomic E-state index is -0.449. The summed E-state index contributed by atoms with van der Waals surface area (Å²) in [6.45, 7) is 4.00. The highest BCUT2D eigenvalue weighted by atomic mass is 16.6. The Balaban J connectivity index is 1.84. The maximum Gasteiger partial charge on any atom is 0.312 e. The smallest absolute Gasteiger partial charge is 0.312 e. The Bertz CT molecular complexity index is 569. The van der Waals surface area contributed by atoms with Crippen molar-refractivity contribution in [3.05, 3.63) is 21.5 Å². The lowest BCUT2D eigenvalue weighted by molar-refractivity contribution is -0.386. The molecule has 0 aromatic carbocycles. The van der Waals surface area contributed by atoms with Crippen LogP contribution in [0, 0.1) is 29.9 Å². The van der Waals surface area contributed by atoms with Crippen LogP contribution in [0.25, 0.3) is 0 Å². The Morgan fingerprint density at radius 2 is 2.23 bits per heavy atom. The third kappa shape index (κ3) is 3.62. The molecule has 0 bridgehead atoms. The van der Waals surface area contributed by atoms with Crippen LogP contribution in [-0.2, 0) is 11.3 Å². The fraction of sp³-hybridized carbons (Fsp3) is 0.714. The summed E-state index contributed by atoms with van der Waals surface area (Å²) in [4.78, 5) is 22.3. The van der Waals surface area contributed by atoms with E-state index in [1.54, 1.807) is 13.8 Å². The average Bonchev–Trinajstić information content (AvgIpc) is 2.97. The van der Waals surface area contributed by atoms with Gasteiger partial charge in [-0.1, -0.05) is 6.42 Å². The van der Waals surface area contributed by atoms with Gasteiger partial charge in [0.25, 0.3) is 0 Å². The second-order valence-electron chi connectivity index (χ2n) is 5.81. The van der Waals surface area contributed by atoms with Crippen molar-refractivity contribution < 1.29 is 14.8 Å². The molecule has 0 spiro atoms. The minimum Gasteiger partial charge on any atom is -0.393 e. The quantitative estimate of drug-likeness (QED) is 0.603. The zero-order valence-corrected chi connectivity index (χ0v) is 12.9. The summed E-state index contributed by atoms with van der Waals surface area (Å²) >= 11 is 0. The van der Waals surface area contributed by atoms with Gasteiger partial charge in [-0.15, -0.1) is 0 Å². The van der Waals surface area contributed by atoms with Crippen LogP contribution in [0.5, 0.6) is 0 Å². The number of rotatable bonds is 6. The highest BCUT2D eigenvalue weighted by Crippen LogP contribution is 2.24. The summed E-state index contributed by atoms with van der Waals surface area (Å²) in [7, 11) is 0. The average molecular weight is 310 g/mol. The van der Waals surface area contributed by atoms with E-state index in [-0.39, 0.29) is 30.0 Å². The molecule has 1 aliphatic carbocycles. The number of amides is 1. The first-order valence-electron chi connectivity index (χ1n) is 7.53. The summed E-state index contributed by atoms with van der Waals surface area (Å²) in [6, 6.07) is 0. The van der Waals surface area contributed by atoms with Gasteiger partial charge in [0.05, 0.1) is 17.6 Å². The number of aliphatic hydroxyl groups is 1. The van der Waals surface area contributed by atoms with E-state index in [0.717, 1.165) is 19.3 Å². The van der Waals surface area contributed by atoms with E-state index in [1.807, 2.05) is 0 Å². The summed E-state index contributed by atoms with van der Waals surface area (Å²) < 4.78 is 1.50. The molecule has 1 aromatic rings. The molecule has 0 radical (unpaired) electrons. The van der Waals surface area contributed by atoms with Crippen molar-refractivity contribution in [2.75, 3.05) is 6.54 Å². The van der Waals surface area contributed by atoms with Gasteiger partial charge in [-0.2, -0.15) is 5.10 Å². The number of nitro groups is 1. The maximum absolute atomic E-state index is 11.8. The zero-order valence-electron chi connectivity index (χ0n) is 12.9. The van der Waals surface area contributed by atoms with Gasteiger partial charge in [0.2, 0.25) is 5.91 Å². The van der Waals surface area contributed by atoms with E-state index in [0.29, 0.717) is 24.5 Å². The van der Waals surface area contributed by atoms with Crippen LogP contribution in [0.15, 0.2) is 0 Å². The van der Waals surface area contributed by atoms with Crippen LogP contribution in [0.1, 0.15) is 37.1 Å². The number of nitrogens with zero attached hydrogens (tertiary/aromatic N) is 3. The predicted molar refractivity (Wildman–Crippen MR) is 79.3 cm³/mol. The molecule has 2 atom stereocenters. The van der Waals surface area contributed by atoms with Gasteiger partial charge in [0, 0.05) is 18.9 Å². The highest BCUT2D eigenvalue weighted by Gasteiger charge is 2.25. The number of nitrogens with one attached hydrogen (secondary N) is 1. The summed E-state index contributed by atoms with van der Waals surface area (Å²) in [6.07, 6.45) is 2.62. The Labute approximate surface area is 128 Å². The van der Waals surface area contributed by atoms with Crippen molar-refractivity contribution in [1.82, 2.24) is 15.1 Å². The molecular formula is C14H22N4O4. The molecule has 0 aliphatic heterocycles.